The van der Waals surface area contributed by atoms with Crippen LogP contribution in [-0.4, -0.2) is 18.3 Å². The monoisotopic (exact) mass is 400 g/mol. The molecule has 0 aromatic carbocycles. The summed E-state index contributed by atoms with van der Waals surface area (Å²) in [5.74, 6) is 0.699. The van der Waals surface area contributed by atoms with Crippen LogP contribution in [0.1, 0.15) is 135 Å². The SMILES string of the molecule is CCCCCCCCCCCCCCCCCCCCOC(=O)CCCS. The van der Waals surface area contributed by atoms with Crippen molar-refractivity contribution >= 4 is 18.6 Å². The van der Waals surface area contributed by atoms with Crippen molar-refractivity contribution < 1.29 is 9.53 Å². The summed E-state index contributed by atoms with van der Waals surface area (Å²) in [6.45, 7) is 2.89. The summed E-state index contributed by atoms with van der Waals surface area (Å²) >= 11 is 4.10. The Hall–Kier alpha value is -0.180. The highest BCUT2D eigenvalue weighted by molar-refractivity contribution is 7.80. The van der Waals surface area contributed by atoms with E-state index < -0.39 is 0 Å². The molecule has 0 aliphatic carbocycles. The standard InChI is InChI=1S/C24H48O2S/c1-2-3-4-5-6-7-8-9-10-11-12-13-14-15-16-17-18-19-22-26-24(25)21-20-23-27/h27H,2-23H2,1H3. The number of esters is 1. The third-order valence-corrected chi connectivity index (χ3v) is 5.62. The van der Waals surface area contributed by atoms with E-state index in [0.717, 1.165) is 18.6 Å². The van der Waals surface area contributed by atoms with Crippen molar-refractivity contribution in [2.75, 3.05) is 12.4 Å². The van der Waals surface area contributed by atoms with Gasteiger partial charge in [-0.05, 0) is 18.6 Å². The molecule has 0 aliphatic rings. The molecule has 0 N–H and O–H groups in total. The van der Waals surface area contributed by atoms with E-state index in [1.54, 1.807) is 0 Å². The lowest BCUT2D eigenvalue weighted by Crippen LogP contribution is -2.05. The Labute approximate surface area is 176 Å². The van der Waals surface area contributed by atoms with Crippen LogP contribution in [0.25, 0.3) is 0 Å². The number of unbranched alkanes of at least 4 members (excludes halogenated alkanes) is 17. The molecule has 3 heteroatoms. The normalized spacial score (nSPS) is 11.0. The van der Waals surface area contributed by atoms with Crippen LogP contribution in [0.5, 0.6) is 0 Å². The summed E-state index contributed by atoms with van der Waals surface area (Å²) < 4.78 is 5.20. The van der Waals surface area contributed by atoms with Gasteiger partial charge in [-0.15, -0.1) is 0 Å². The van der Waals surface area contributed by atoms with Gasteiger partial charge in [0.05, 0.1) is 6.61 Å². The molecule has 0 aromatic heterocycles. The van der Waals surface area contributed by atoms with Crippen LogP contribution in [-0.2, 0) is 9.53 Å². The molecule has 27 heavy (non-hydrogen) atoms. The van der Waals surface area contributed by atoms with E-state index in [9.17, 15) is 4.79 Å². The summed E-state index contributed by atoms with van der Waals surface area (Å²) in [6, 6.07) is 0. The molecule has 0 radical (unpaired) electrons. The van der Waals surface area contributed by atoms with Gasteiger partial charge in [0.25, 0.3) is 0 Å². The van der Waals surface area contributed by atoms with Crippen LogP contribution < -0.4 is 0 Å². The Morgan fingerprint density at radius 1 is 0.593 bits per heavy atom. The summed E-state index contributed by atoms with van der Waals surface area (Å²) in [4.78, 5) is 11.3. The van der Waals surface area contributed by atoms with Gasteiger partial charge in [-0.1, -0.05) is 116 Å². The molecule has 0 aliphatic heterocycles. The maximum absolute atomic E-state index is 11.3. The van der Waals surface area contributed by atoms with Crippen molar-refractivity contribution in [2.24, 2.45) is 0 Å². The average Bonchev–Trinajstić information content (AvgIpc) is 2.68. The van der Waals surface area contributed by atoms with Gasteiger partial charge in [-0.25, -0.2) is 0 Å². The third-order valence-electron chi connectivity index (χ3n) is 5.30. The number of thiol groups is 1. The molecule has 0 aromatic rings. The van der Waals surface area contributed by atoms with Crippen LogP contribution >= 0.6 is 12.6 Å². The first kappa shape index (κ1) is 26.8. The van der Waals surface area contributed by atoms with E-state index in [1.807, 2.05) is 0 Å². The Kier molecular flexibility index (Phi) is 23.7. The Balaban J connectivity index is 3.04. The molecule has 0 spiro atoms. The topological polar surface area (TPSA) is 26.3 Å². The highest BCUT2D eigenvalue weighted by atomic mass is 32.1. The van der Waals surface area contributed by atoms with Gasteiger partial charge in [0.2, 0.25) is 0 Å². The molecular weight excluding hydrogens is 352 g/mol. The lowest BCUT2D eigenvalue weighted by atomic mass is 10.0. The summed E-state index contributed by atoms with van der Waals surface area (Å²) in [6.07, 6.45) is 26.2. The summed E-state index contributed by atoms with van der Waals surface area (Å²) in [7, 11) is 0. The minimum Gasteiger partial charge on any atom is -0.466 e. The Bertz CT molecular complexity index is 294. The molecular formula is C24H48O2S. The van der Waals surface area contributed by atoms with E-state index >= 15 is 0 Å². The Morgan fingerprint density at radius 3 is 1.33 bits per heavy atom. The molecule has 0 rings (SSSR count). The van der Waals surface area contributed by atoms with Gasteiger partial charge in [0.1, 0.15) is 0 Å². The highest BCUT2D eigenvalue weighted by Gasteiger charge is 2.01. The predicted octanol–water partition coefficient (Wildman–Crippen LogP) is 8.28. The van der Waals surface area contributed by atoms with Crippen molar-refractivity contribution in [1.82, 2.24) is 0 Å². The summed E-state index contributed by atoms with van der Waals surface area (Å²) in [5, 5.41) is 0. The molecule has 0 heterocycles. The first-order valence-electron chi connectivity index (χ1n) is 12.1. The highest BCUT2D eigenvalue weighted by Crippen LogP contribution is 2.14. The minimum atomic E-state index is -0.0592. The fourth-order valence-corrected chi connectivity index (χ4v) is 3.64. The van der Waals surface area contributed by atoms with Crippen molar-refractivity contribution in [3.05, 3.63) is 0 Å². The maximum Gasteiger partial charge on any atom is 0.305 e. The molecule has 0 unspecified atom stereocenters. The van der Waals surface area contributed by atoms with Crippen LogP contribution in [0.2, 0.25) is 0 Å². The van der Waals surface area contributed by atoms with Crippen LogP contribution in [0, 0.1) is 0 Å². The second kappa shape index (κ2) is 23.9. The van der Waals surface area contributed by atoms with Crippen molar-refractivity contribution in [1.29, 1.82) is 0 Å². The van der Waals surface area contributed by atoms with Gasteiger partial charge in [-0.2, -0.15) is 12.6 Å². The predicted molar refractivity (Wildman–Crippen MR) is 123 cm³/mol. The zero-order valence-corrected chi connectivity index (χ0v) is 19.2. The largest absolute Gasteiger partial charge is 0.466 e. The maximum atomic E-state index is 11.3. The Morgan fingerprint density at radius 2 is 0.963 bits per heavy atom. The number of hydrogen-bond donors (Lipinski definition) is 1. The smallest absolute Gasteiger partial charge is 0.305 e. The van der Waals surface area contributed by atoms with Gasteiger partial charge in [0.15, 0.2) is 0 Å². The molecule has 0 fully saturated rings. The molecule has 0 saturated heterocycles. The second-order valence-corrected chi connectivity index (χ2v) is 8.51. The lowest BCUT2D eigenvalue weighted by Gasteiger charge is -2.05. The number of hydrogen-bond acceptors (Lipinski definition) is 3. The van der Waals surface area contributed by atoms with Crippen molar-refractivity contribution in [3.8, 4) is 0 Å². The molecule has 0 bridgehead atoms. The van der Waals surface area contributed by atoms with E-state index in [1.165, 1.54) is 109 Å². The lowest BCUT2D eigenvalue weighted by molar-refractivity contribution is -0.143. The van der Waals surface area contributed by atoms with Gasteiger partial charge in [0, 0.05) is 6.42 Å². The molecule has 162 valence electrons. The molecule has 0 atom stereocenters. The van der Waals surface area contributed by atoms with E-state index in [4.69, 9.17) is 4.74 Å². The fourth-order valence-electron chi connectivity index (χ4n) is 3.49. The molecule has 0 amide bonds. The number of ether oxygens (including phenoxy) is 1. The van der Waals surface area contributed by atoms with Gasteiger partial charge in [-0.3, -0.25) is 4.79 Å². The molecule has 2 nitrogen and oxygen atoms in total. The van der Waals surface area contributed by atoms with Crippen molar-refractivity contribution in [3.63, 3.8) is 0 Å². The number of rotatable bonds is 22. The van der Waals surface area contributed by atoms with Gasteiger partial charge >= 0.3 is 5.97 Å². The number of carbonyl (C=O) groups is 1. The first-order valence-corrected chi connectivity index (χ1v) is 12.7. The minimum absolute atomic E-state index is 0.0592. The zero-order valence-electron chi connectivity index (χ0n) is 18.3. The van der Waals surface area contributed by atoms with E-state index in [0.29, 0.717) is 13.0 Å². The average molecular weight is 401 g/mol. The second-order valence-electron chi connectivity index (χ2n) is 8.06. The van der Waals surface area contributed by atoms with Crippen molar-refractivity contribution in [2.45, 2.75) is 135 Å². The van der Waals surface area contributed by atoms with Gasteiger partial charge < -0.3 is 4.74 Å². The number of carbonyl (C=O) groups excluding carboxylic acids is 1. The zero-order chi connectivity index (χ0) is 19.8. The first-order chi connectivity index (χ1) is 13.3. The van der Waals surface area contributed by atoms with E-state index in [-0.39, 0.29) is 5.97 Å². The molecule has 0 saturated carbocycles. The van der Waals surface area contributed by atoms with Crippen LogP contribution in [0.3, 0.4) is 0 Å². The van der Waals surface area contributed by atoms with E-state index in [2.05, 4.69) is 19.6 Å². The third kappa shape index (κ3) is 23.8. The summed E-state index contributed by atoms with van der Waals surface area (Å²) in [5.41, 5.74) is 0. The quantitative estimate of drug-likeness (QED) is 0.112. The fraction of sp³-hybridized carbons (Fsp3) is 0.958. The van der Waals surface area contributed by atoms with Crippen LogP contribution in [0.4, 0.5) is 0 Å². The van der Waals surface area contributed by atoms with Crippen LogP contribution in [0.15, 0.2) is 0 Å².